The van der Waals surface area contributed by atoms with E-state index in [1.807, 2.05) is 66.7 Å². The van der Waals surface area contributed by atoms with Gasteiger partial charge >= 0.3 is 0 Å². The summed E-state index contributed by atoms with van der Waals surface area (Å²) in [5, 5.41) is 0. The van der Waals surface area contributed by atoms with Crippen LogP contribution < -0.4 is 0 Å². The van der Waals surface area contributed by atoms with Gasteiger partial charge in [0.05, 0.1) is 0 Å². The fraction of sp³-hybridized carbons (Fsp3) is 0.167. The van der Waals surface area contributed by atoms with Crippen LogP contribution >= 0.6 is 0 Å². The quantitative estimate of drug-likeness (QED) is 0.572. The van der Waals surface area contributed by atoms with Gasteiger partial charge in [-0.25, -0.2) is 0 Å². The number of carbonyl (C=O) groups is 1. The fourth-order valence-corrected chi connectivity index (χ4v) is 2.00. The van der Waals surface area contributed by atoms with Crippen LogP contribution in [0.2, 0.25) is 0 Å². The average molecular weight is 250 g/mol. The molecule has 19 heavy (non-hydrogen) atoms. The second kappa shape index (κ2) is 6.14. The number of ketones is 1. The molecule has 1 nitrogen and oxygen atoms in total. The van der Waals surface area contributed by atoms with Crippen LogP contribution in [0.15, 0.2) is 66.7 Å². The number of benzene rings is 2. The molecular formula is C18H18O. The Morgan fingerprint density at radius 3 is 1.79 bits per heavy atom. The molecule has 0 spiro atoms. The summed E-state index contributed by atoms with van der Waals surface area (Å²) in [5.41, 5.74) is 2.49. The minimum atomic E-state index is 0.0838. The zero-order valence-corrected chi connectivity index (χ0v) is 11.3. The van der Waals surface area contributed by atoms with E-state index in [4.69, 9.17) is 0 Å². The zero-order valence-electron chi connectivity index (χ0n) is 11.3. The molecule has 0 atom stereocenters. The Balaban J connectivity index is 2.43. The van der Waals surface area contributed by atoms with Gasteiger partial charge in [-0.1, -0.05) is 80.6 Å². The summed E-state index contributed by atoms with van der Waals surface area (Å²) in [4.78, 5) is 12.6. The van der Waals surface area contributed by atoms with E-state index < -0.39 is 0 Å². The minimum absolute atomic E-state index is 0.0838. The topological polar surface area (TPSA) is 17.1 Å². The molecule has 0 saturated heterocycles. The van der Waals surface area contributed by atoms with E-state index in [1.54, 1.807) is 0 Å². The van der Waals surface area contributed by atoms with E-state index in [9.17, 15) is 4.79 Å². The van der Waals surface area contributed by atoms with Gasteiger partial charge in [-0.05, 0) is 11.5 Å². The summed E-state index contributed by atoms with van der Waals surface area (Å²) in [5.74, 6) is 0.420. The van der Waals surface area contributed by atoms with Crippen molar-refractivity contribution in [2.24, 2.45) is 5.92 Å². The van der Waals surface area contributed by atoms with Crippen molar-refractivity contribution in [1.82, 2.24) is 0 Å². The lowest BCUT2D eigenvalue weighted by molar-refractivity contribution is 0.105. The van der Waals surface area contributed by atoms with Crippen molar-refractivity contribution in [3.05, 3.63) is 77.9 Å². The SMILES string of the molecule is CC(C)/C=C(/C(=O)c1ccccc1)c1ccccc1. The second-order valence-corrected chi connectivity index (χ2v) is 4.89. The lowest BCUT2D eigenvalue weighted by atomic mass is 9.94. The van der Waals surface area contributed by atoms with Crippen molar-refractivity contribution in [3.63, 3.8) is 0 Å². The van der Waals surface area contributed by atoms with Crippen LogP contribution in [-0.4, -0.2) is 5.78 Å². The Morgan fingerprint density at radius 2 is 1.32 bits per heavy atom. The number of hydrogen-bond acceptors (Lipinski definition) is 1. The number of Topliss-reactive ketones (excluding diaryl/α,β-unsaturated/α-hetero) is 1. The molecule has 0 N–H and O–H groups in total. The van der Waals surface area contributed by atoms with Crippen LogP contribution in [0.3, 0.4) is 0 Å². The molecule has 0 fully saturated rings. The van der Waals surface area contributed by atoms with Gasteiger partial charge in [-0.3, -0.25) is 4.79 Å². The fourth-order valence-electron chi connectivity index (χ4n) is 2.00. The Hall–Kier alpha value is -2.15. The van der Waals surface area contributed by atoms with Crippen LogP contribution in [-0.2, 0) is 0 Å². The van der Waals surface area contributed by atoms with E-state index in [1.165, 1.54) is 0 Å². The third-order valence-corrected chi connectivity index (χ3v) is 2.87. The van der Waals surface area contributed by atoms with Gasteiger partial charge < -0.3 is 0 Å². The Morgan fingerprint density at radius 1 is 0.842 bits per heavy atom. The van der Waals surface area contributed by atoms with E-state index in [2.05, 4.69) is 13.8 Å². The van der Waals surface area contributed by atoms with E-state index in [0.717, 1.165) is 16.7 Å². The third kappa shape index (κ3) is 3.41. The first kappa shape index (κ1) is 13.3. The molecule has 2 aromatic carbocycles. The molecule has 96 valence electrons. The lowest BCUT2D eigenvalue weighted by Crippen LogP contribution is -2.04. The molecule has 0 aliphatic carbocycles. The first-order chi connectivity index (χ1) is 9.18. The van der Waals surface area contributed by atoms with Gasteiger partial charge in [-0.15, -0.1) is 0 Å². The second-order valence-electron chi connectivity index (χ2n) is 4.89. The van der Waals surface area contributed by atoms with Gasteiger partial charge in [0.2, 0.25) is 0 Å². The van der Waals surface area contributed by atoms with E-state index in [0.29, 0.717) is 5.92 Å². The van der Waals surface area contributed by atoms with Crippen molar-refractivity contribution >= 4 is 11.4 Å². The predicted molar refractivity (Wildman–Crippen MR) is 80.0 cm³/mol. The van der Waals surface area contributed by atoms with Crippen LogP contribution in [0, 0.1) is 5.92 Å². The van der Waals surface area contributed by atoms with Crippen molar-refractivity contribution in [2.45, 2.75) is 13.8 Å². The molecule has 0 aromatic heterocycles. The molecular weight excluding hydrogens is 232 g/mol. The number of allylic oxidation sites excluding steroid dienone is 2. The Kier molecular flexibility index (Phi) is 4.30. The van der Waals surface area contributed by atoms with Crippen molar-refractivity contribution < 1.29 is 4.79 Å². The largest absolute Gasteiger partial charge is 0.289 e. The highest BCUT2D eigenvalue weighted by Gasteiger charge is 2.14. The maximum absolute atomic E-state index is 12.6. The van der Waals surface area contributed by atoms with Crippen LogP contribution in [0.25, 0.3) is 5.57 Å². The predicted octanol–water partition coefficient (Wildman–Crippen LogP) is 4.61. The first-order valence-corrected chi connectivity index (χ1v) is 6.55. The molecule has 0 unspecified atom stereocenters. The van der Waals surface area contributed by atoms with E-state index in [-0.39, 0.29) is 5.78 Å². The normalized spacial score (nSPS) is 11.6. The van der Waals surface area contributed by atoms with Gasteiger partial charge in [0.15, 0.2) is 5.78 Å². The molecule has 0 aliphatic rings. The van der Waals surface area contributed by atoms with Gasteiger partial charge in [0, 0.05) is 11.1 Å². The summed E-state index contributed by atoms with van der Waals surface area (Å²) in [6.07, 6.45) is 2.03. The van der Waals surface area contributed by atoms with Crippen molar-refractivity contribution in [3.8, 4) is 0 Å². The number of rotatable bonds is 4. The molecule has 0 amide bonds. The average Bonchev–Trinajstić information content (AvgIpc) is 2.46. The molecule has 0 saturated carbocycles. The van der Waals surface area contributed by atoms with Crippen LogP contribution in [0.5, 0.6) is 0 Å². The number of carbonyl (C=O) groups excluding carboxylic acids is 1. The Labute approximate surface area is 114 Å². The molecule has 0 heterocycles. The Bertz CT molecular complexity index is 565. The summed E-state index contributed by atoms with van der Waals surface area (Å²) in [7, 11) is 0. The maximum atomic E-state index is 12.6. The monoisotopic (exact) mass is 250 g/mol. The summed E-state index contributed by atoms with van der Waals surface area (Å²) < 4.78 is 0. The highest BCUT2D eigenvalue weighted by atomic mass is 16.1. The van der Waals surface area contributed by atoms with Crippen molar-refractivity contribution in [2.75, 3.05) is 0 Å². The summed E-state index contributed by atoms with van der Waals surface area (Å²) in [6, 6.07) is 19.3. The highest BCUT2D eigenvalue weighted by Crippen LogP contribution is 2.21. The lowest BCUT2D eigenvalue weighted by Gasteiger charge is -2.09. The molecule has 0 radical (unpaired) electrons. The maximum Gasteiger partial charge on any atom is 0.193 e. The zero-order chi connectivity index (χ0) is 13.7. The van der Waals surface area contributed by atoms with Crippen molar-refractivity contribution in [1.29, 1.82) is 0 Å². The van der Waals surface area contributed by atoms with Gasteiger partial charge in [0.1, 0.15) is 0 Å². The third-order valence-electron chi connectivity index (χ3n) is 2.87. The summed E-state index contributed by atoms with van der Waals surface area (Å²) >= 11 is 0. The van der Waals surface area contributed by atoms with E-state index >= 15 is 0 Å². The minimum Gasteiger partial charge on any atom is -0.289 e. The highest BCUT2D eigenvalue weighted by molar-refractivity contribution is 6.28. The molecule has 1 heteroatoms. The smallest absolute Gasteiger partial charge is 0.193 e. The molecule has 0 bridgehead atoms. The van der Waals surface area contributed by atoms with Crippen LogP contribution in [0.1, 0.15) is 29.8 Å². The van der Waals surface area contributed by atoms with Crippen LogP contribution in [0.4, 0.5) is 0 Å². The summed E-state index contributed by atoms with van der Waals surface area (Å²) in [6.45, 7) is 4.17. The molecule has 2 rings (SSSR count). The molecule has 0 aliphatic heterocycles. The van der Waals surface area contributed by atoms with Gasteiger partial charge in [-0.2, -0.15) is 0 Å². The molecule has 2 aromatic rings. The first-order valence-electron chi connectivity index (χ1n) is 6.55. The van der Waals surface area contributed by atoms with Gasteiger partial charge in [0.25, 0.3) is 0 Å². The number of hydrogen-bond donors (Lipinski definition) is 0. The standard InChI is InChI=1S/C18H18O/c1-14(2)13-17(15-9-5-3-6-10-15)18(19)16-11-7-4-8-12-16/h3-14H,1-2H3/b17-13+.